The minimum absolute atomic E-state index is 0.0224. The van der Waals surface area contributed by atoms with Crippen molar-refractivity contribution in [2.45, 2.75) is 113 Å². The average Bonchev–Trinajstić information content (AvgIpc) is 3.87. The summed E-state index contributed by atoms with van der Waals surface area (Å²) >= 11 is 0. The van der Waals surface area contributed by atoms with Crippen LogP contribution in [0.25, 0.3) is 0 Å². The third kappa shape index (κ3) is 7.83. The summed E-state index contributed by atoms with van der Waals surface area (Å²) < 4.78 is 22.5. The zero-order chi connectivity index (χ0) is 41.4. The first-order valence-electron chi connectivity index (χ1n) is 19.5. The standard InChI is InChI=1S/C40H55N3O13Si/c1-22-36(57(4,5)26-14-12-25(53-2)13-15-26)29(20-30(45)42-18-8-9-24(42)21-44)56-40(22)27-19-23(41-37(50)35-33(48)32(47)34(49)38(51)55-35)11-16-28(27)43(39(40)52)17-7-6-10-31(46)54-3/h11-16,19,22,24,29,32-36,38,44,47-49,51H,6-10,17-18,20-21H2,1-5H3,(H,41,50)/t22-,24+,29+,32+,33+,34-,35+,36-,38-,40+/m1/s1. The second-order valence-electron chi connectivity index (χ2n) is 16.1. The molecule has 57 heavy (non-hydrogen) atoms. The molecule has 6 rings (SSSR count). The summed E-state index contributed by atoms with van der Waals surface area (Å²) in [6, 6.07) is 12.4. The number of unbranched alkanes of at least 4 members (excludes halogenated alkanes) is 1. The van der Waals surface area contributed by atoms with E-state index in [2.05, 4.69) is 18.4 Å². The summed E-state index contributed by atoms with van der Waals surface area (Å²) in [5, 5.41) is 54.6. The number of methoxy groups -OCH3 is 2. The summed E-state index contributed by atoms with van der Waals surface area (Å²) in [7, 11) is 0.263. The van der Waals surface area contributed by atoms with Crippen molar-refractivity contribution >= 4 is 48.3 Å². The Bertz CT molecular complexity index is 1810. The fourth-order valence-corrected chi connectivity index (χ4v) is 13.4. The molecule has 6 N–H and O–H groups in total. The predicted octanol–water partition coefficient (Wildman–Crippen LogP) is 0.713. The van der Waals surface area contributed by atoms with Gasteiger partial charge in [-0.3, -0.25) is 19.2 Å². The summed E-state index contributed by atoms with van der Waals surface area (Å²) in [5.41, 5.74) is -0.713. The van der Waals surface area contributed by atoms with E-state index in [1.54, 1.807) is 35.1 Å². The molecule has 2 aromatic carbocycles. The van der Waals surface area contributed by atoms with Crippen LogP contribution >= 0.6 is 0 Å². The Morgan fingerprint density at radius 2 is 1.72 bits per heavy atom. The van der Waals surface area contributed by atoms with Crippen molar-refractivity contribution in [3.8, 4) is 5.75 Å². The molecule has 0 aromatic heterocycles. The first-order valence-corrected chi connectivity index (χ1v) is 22.6. The number of nitrogens with zero attached hydrogens (tertiary/aromatic N) is 2. The Morgan fingerprint density at radius 1 is 1.00 bits per heavy atom. The fraction of sp³-hybridized carbons (Fsp3) is 0.600. The van der Waals surface area contributed by atoms with E-state index in [9.17, 15) is 39.9 Å². The van der Waals surface area contributed by atoms with Gasteiger partial charge in [0.25, 0.3) is 11.8 Å². The molecule has 4 heterocycles. The lowest BCUT2D eigenvalue weighted by atomic mass is 9.82. The van der Waals surface area contributed by atoms with Gasteiger partial charge in [-0.15, -0.1) is 0 Å². The van der Waals surface area contributed by atoms with Crippen LogP contribution in [-0.4, -0.2) is 139 Å². The van der Waals surface area contributed by atoms with Crippen LogP contribution in [0.3, 0.4) is 0 Å². The molecule has 0 bridgehead atoms. The number of hydrogen-bond donors (Lipinski definition) is 6. The quantitative estimate of drug-likeness (QED) is 0.0933. The van der Waals surface area contributed by atoms with E-state index in [0.717, 1.165) is 11.6 Å². The zero-order valence-electron chi connectivity index (χ0n) is 33.0. The van der Waals surface area contributed by atoms with Gasteiger partial charge in [0.05, 0.1) is 53.2 Å². The van der Waals surface area contributed by atoms with Gasteiger partial charge in [-0.05, 0) is 61.6 Å². The van der Waals surface area contributed by atoms with Crippen LogP contribution in [0.2, 0.25) is 18.6 Å². The first kappa shape index (κ1) is 42.7. The molecule has 2 aromatic rings. The molecule has 1 spiro atoms. The highest BCUT2D eigenvalue weighted by Gasteiger charge is 2.66. The predicted molar refractivity (Wildman–Crippen MR) is 208 cm³/mol. The summed E-state index contributed by atoms with van der Waals surface area (Å²) in [5.74, 6) is -1.60. The van der Waals surface area contributed by atoms with Crippen molar-refractivity contribution in [2.75, 3.05) is 44.1 Å². The van der Waals surface area contributed by atoms with Crippen LogP contribution in [0.5, 0.6) is 5.75 Å². The van der Waals surface area contributed by atoms with Crippen molar-refractivity contribution in [1.29, 1.82) is 0 Å². The summed E-state index contributed by atoms with van der Waals surface area (Å²) in [6.45, 7) is 6.95. The number of fused-ring (bicyclic) bond motifs is 2. The number of carbonyl (C=O) groups is 4. The Kier molecular flexibility index (Phi) is 12.8. The summed E-state index contributed by atoms with van der Waals surface area (Å²) in [4.78, 5) is 58.0. The number of esters is 1. The lowest BCUT2D eigenvalue weighted by molar-refractivity contribution is -0.274. The summed E-state index contributed by atoms with van der Waals surface area (Å²) in [6.07, 6.45) is -7.38. The number of aliphatic hydroxyl groups is 5. The maximum absolute atomic E-state index is 15.1. The van der Waals surface area contributed by atoms with E-state index in [4.69, 9.17) is 18.9 Å². The van der Waals surface area contributed by atoms with Crippen molar-refractivity contribution in [2.24, 2.45) is 5.92 Å². The van der Waals surface area contributed by atoms with Crippen LogP contribution < -0.4 is 20.1 Å². The Labute approximate surface area is 332 Å². The molecule has 312 valence electrons. The highest BCUT2D eigenvalue weighted by atomic mass is 28.3. The number of ether oxygens (including phenoxy) is 4. The molecule has 4 aliphatic rings. The number of aliphatic hydroxyl groups excluding tert-OH is 5. The molecule has 17 heteroatoms. The Hall–Kier alpha value is -3.94. The largest absolute Gasteiger partial charge is 0.497 e. The lowest BCUT2D eigenvalue weighted by Crippen LogP contribution is -2.60. The van der Waals surface area contributed by atoms with Crippen LogP contribution in [0, 0.1) is 5.92 Å². The second kappa shape index (κ2) is 17.1. The monoisotopic (exact) mass is 813 g/mol. The van der Waals surface area contributed by atoms with Gasteiger partial charge >= 0.3 is 5.97 Å². The molecule has 3 amide bonds. The van der Waals surface area contributed by atoms with E-state index in [-0.39, 0.29) is 61.0 Å². The minimum atomic E-state index is -2.65. The van der Waals surface area contributed by atoms with Gasteiger partial charge in [-0.2, -0.15) is 0 Å². The van der Waals surface area contributed by atoms with Crippen LogP contribution in [0.4, 0.5) is 11.4 Å². The SMILES string of the molecule is COC(=O)CCCCN1C(=O)[C@@]2(O[C@@H](CC(=O)N3CCC[C@H]3CO)[C@H]([Si](C)(C)c3ccc(OC)cc3)[C@H]2C)c2cc(NC(=O)[C@H]3O[C@@H](O)[C@H](O)[C@@H](O)[C@@H]3O)ccc21. The van der Waals surface area contributed by atoms with E-state index >= 15 is 4.79 Å². The Morgan fingerprint density at radius 3 is 2.39 bits per heavy atom. The number of anilines is 2. The molecule has 0 radical (unpaired) electrons. The maximum Gasteiger partial charge on any atom is 0.305 e. The van der Waals surface area contributed by atoms with E-state index < -0.39 is 62.3 Å². The first-order chi connectivity index (χ1) is 27.1. The molecule has 10 atom stereocenters. The van der Waals surface area contributed by atoms with Gasteiger partial charge in [0.1, 0.15) is 24.1 Å². The van der Waals surface area contributed by atoms with E-state index in [1.165, 1.54) is 7.11 Å². The lowest BCUT2D eigenvalue weighted by Gasteiger charge is -2.37. The van der Waals surface area contributed by atoms with E-state index in [1.807, 2.05) is 31.2 Å². The third-order valence-corrected chi connectivity index (χ3v) is 16.8. The molecule has 3 fully saturated rings. The normalized spacial score (nSPS) is 31.1. The van der Waals surface area contributed by atoms with Crippen molar-refractivity contribution in [3.63, 3.8) is 0 Å². The van der Waals surface area contributed by atoms with Gasteiger partial charge in [-0.25, -0.2) is 0 Å². The van der Waals surface area contributed by atoms with Crippen LogP contribution in [0.15, 0.2) is 42.5 Å². The number of hydrogen-bond acceptors (Lipinski definition) is 13. The maximum atomic E-state index is 15.1. The molecular weight excluding hydrogens is 759 g/mol. The Balaban J connectivity index is 1.41. The molecule has 0 saturated carbocycles. The third-order valence-electron chi connectivity index (χ3n) is 12.5. The van der Waals surface area contributed by atoms with Crippen molar-refractivity contribution < 1.29 is 63.7 Å². The molecule has 0 unspecified atom stereocenters. The smallest absolute Gasteiger partial charge is 0.305 e. The molecule has 3 saturated heterocycles. The number of rotatable bonds is 13. The van der Waals surface area contributed by atoms with Gasteiger partial charge in [0.2, 0.25) is 5.91 Å². The molecule has 16 nitrogen and oxygen atoms in total. The van der Waals surface area contributed by atoms with Crippen molar-refractivity contribution in [3.05, 3.63) is 48.0 Å². The highest BCUT2D eigenvalue weighted by molar-refractivity contribution is 6.91. The van der Waals surface area contributed by atoms with Crippen LogP contribution in [-0.2, 0) is 39.0 Å². The van der Waals surface area contributed by atoms with E-state index in [0.29, 0.717) is 42.8 Å². The van der Waals surface area contributed by atoms with Crippen molar-refractivity contribution in [1.82, 2.24) is 4.90 Å². The number of nitrogens with one attached hydrogen (secondary N) is 1. The van der Waals surface area contributed by atoms with Gasteiger partial charge in [0.15, 0.2) is 18.0 Å². The highest BCUT2D eigenvalue weighted by Crippen LogP contribution is 2.60. The molecular formula is C40H55N3O13Si. The second-order valence-corrected chi connectivity index (χ2v) is 20.7. The van der Waals surface area contributed by atoms with Gasteiger partial charge < -0.3 is 59.6 Å². The van der Waals surface area contributed by atoms with Gasteiger partial charge in [-0.1, -0.05) is 37.3 Å². The van der Waals surface area contributed by atoms with Crippen LogP contribution in [0.1, 0.15) is 51.0 Å². The average molecular weight is 814 g/mol. The number of carbonyl (C=O) groups excluding carboxylic acids is 4. The number of amides is 3. The number of benzene rings is 2. The molecule has 0 aliphatic carbocycles. The molecule has 4 aliphatic heterocycles. The number of likely N-dealkylation sites (tertiary alicyclic amines) is 1. The minimum Gasteiger partial charge on any atom is -0.497 e. The zero-order valence-corrected chi connectivity index (χ0v) is 34.0. The fourth-order valence-electron chi connectivity index (χ4n) is 9.39. The van der Waals surface area contributed by atoms with Gasteiger partial charge in [0, 0.05) is 36.7 Å². The topological polar surface area (TPSA) is 225 Å².